The lowest BCUT2D eigenvalue weighted by Crippen LogP contribution is -2.00. The maximum atomic E-state index is 6.10. The minimum atomic E-state index is 0.500. The van der Waals surface area contributed by atoms with Crippen LogP contribution in [0.3, 0.4) is 0 Å². The van der Waals surface area contributed by atoms with Crippen LogP contribution in [-0.2, 0) is 6.61 Å². The summed E-state index contributed by atoms with van der Waals surface area (Å²) >= 11 is 6.10. The van der Waals surface area contributed by atoms with Gasteiger partial charge in [0.25, 0.3) is 0 Å². The first-order valence-corrected chi connectivity index (χ1v) is 6.23. The molecule has 0 aliphatic heterocycles. The van der Waals surface area contributed by atoms with Gasteiger partial charge in [0.2, 0.25) is 0 Å². The molecule has 2 aromatic carbocycles. The van der Waals surface area contributed by atoms with E-state index < -0.39 is 0 Å². The predicted octanol–water partition coefficient (Wildman–Crippen LogP) is 4.27. The molecule has 3 heteroatoms. The van der Waals surface area contributed by atoms with E-state index in [4.69, 9.17) is 16.3 Å². The molecule has 0 radical (unpaired) electrons. The van der Waals surface area contributed by atoms with Crippen molar-refractivity contribution in [3.63, 3.8) is 0 Å². The normalized spacial score (nSPS) is 10.2. The molecule has 0 saturated carbocycles. The molecule has 0 fully saturated rings. The first-order valence-electron chi connectivity index (χ1n) is 5.85. The van der Waals surface area contributed by atoms with Crippen molar-refractivity contribution in [1.29, 1.82) is 0 Å². The first-order chi connectivity index (χ1) is 8.70. The maximum Gasteiger partial charge on any atom is 0.138 e. The van der Waals surface area contributed by atoms with Gasteiger partial charge in [-0.15, -0.1) is 0 Å². The van der Waals surface area contributed by atoms with E-state index in [9.17, 15) is 0 Å². The maximum absolute atomic E-state index is 6.10. The summed E-state index contributed by atoms with van der Waals surface area (Å²) in [5.74, 6) is 0.725. The quantitative estimate of drug-likeness (QED) is 0.888. The standard InChI is InChI=1S/C15H16ClNO/c1-11-7-8-13(16)15(9-11)18-10-12-5-3-4-6-14(12)17-2/h3-9,17H,10H2,1-2H3. The van der Waals surface area contributed by atoms with Crippen molar-refractivity contribution in [2.45, 2.75) is 13.5 Å². The lowest BCUT2D eigenvalue weighted by molar-refractivity contribution is 0.307. The summed E-state index contributed by atoms with van der Waals surface area (Å²) in [6.07, 6.45) is 0. The van der Waals surface area contributed by atoms with Crippen LogP contribution in [0.2, 0.25) is 5.02 Å². The lowest BCUT2D eigenvalue weighted by atomic mass is 10.2. The lowest BCUT2D eigenvalue weighted by Gasteiger charge is -2.12. The summed E-state index contributed by atoms with van der Waals surface area (Å²) in [5.41, 5.74) is 3.31. The van der Waals surface area contributed by atoms with Crippen LogP contribution in [-0.4, -0.2) is 7.05 Å². The first kappa shape index (κ1) is 12.8. The number of rotatable bonds is 4. The van der Waals surface area contributed by atoms with E-state index in [2.05, 4.69) is 5.32 Å². The zero-order valence-electron chi connectivity index (χ0n) is 10.5. The minimum absolute atomic E-state index is 0.500. The van der Waals surface area contributed by atoms with Gasteiger partial charge in [0.1, 0.15) is 12.4 Å². The van der Waals surface area contributed by atoms with E-state index in [1.165, 1.54) is 0 Å². The molecule has 2 rings (SSSR count). The molecule has 2 nitrogen and oxygen atoms in total. The van der Waals surface area contributed by atoms with Gasteiger partial charge in [-0.05, 0) is 30.7 Å². The molecule has 0 aliphatic rings. The zero-order chi connectivity index (χ0) is 13.0. The fraction of sp³-hybridized carbons (Fsp3) is 0.200. The van der Waals surface area contributed by atoms with Crippen molar-refractivity contribution < 1.29 is 4.74 Å². The zero-order valence-corrected chi connectivity index (χ0v) is 11.3. The predicted molar refractivity (Wildman–Crippen MR) is 76.5 cm³/mol. The van der Waals surface area contributed by atoms with Crippen LogP contribution in [0.4, 0.5) is 5.69 Å². The van der Waals surface area contributed by atoms with Crippen molar-refractivity contribution in [2.75, 3.05) is 12.4 Å². The number of benzene rings is 2. The van der Waals surface area contributed by atoms with E-state index in [0.717, 1.165) is 22.6 Å². The number of aryl methyl sites for hydroxylation is 1. The second-order valence-corrected chi connectivity index (χ2v) is 4.54. The molecule has 0 bridgehead atoms. The average molecular weight is 262 g/mol. The molecule has 0 unspecified atom stereocenters. The topological polar surface area (TPSA) is 21.3 Å². The van der Waals surface area contributed by atoms with Gasteiger partial charge in [-0.2, -0.15) is 0 Å². The Kier molecular flexibility index (Phi) is 4.11. The molecule has 0 spiro atoms. The Balaban J connectivity index is 2.14. The minimum Gasteiger partial charge on any atom is -0.487 e. The third kappa shape index (κ3) is 2.96. The summed E-state index contributed by atoms with van der Waals surface area (Å²) in [6.45, 7) is 2.52. The van der Waals surface area contributed by atoms with E-state index in [-0.39, 0.29) is 0 Å². The van der Waals surface area contributed by atoms with Crippen molar-refractivity contribution in [3.8, 4) is 5.75 Å². The summed E-state index contributed by atoms with van der Waals surface area (Å²) in [4.78, 5) is 0. The molecule has 0 aliphatic carbocycles. The van der Waals surface area contributed by atoms with Gasteiger partial charge in [-0.3, -0.25) is 0 Å². The van der Waals surface area contributed by atoms with E-state index in [1.807, 2.05) is 56.4 Å². The van der Waals surface area contributed by atoms with Gasteiger partial charge in [0.15, 0.2) is 0 Å². The smallest absolute Gasteiger partial charge is 0.138 e. The Morgan fingerprint density at radius 1 is 1.17 bits per heavy atom. The molecule has 0 aromatic heterocycles. The SMILES string of the molecule is CNc1ccccc1COc1cc(C)ccc1Cl. The third-order valence-corrected chi connectivity index (χ3v) is 3.07. The van der Waals surface area contributed by atoms with Crippen molar-refractivity contribution in [2.24, 2.45) is 0 Å². The Labute approximate surface area is 113 Å². The highest BCUT2D eigenvalue weighted by molar-refractivity contribution is 6.32. The summed E-state index contributed by atoms with van der Waals surface area (Å²) < 4.78 is 5.77. The van der Waals surface area contributed by atoms with Crippen molar-refractivity contribution in [1.82, 2.24) is 0 Å². The number of ether oxygens (including phenoxy) is 1. The fourth-order valence-corrected chi connectivity index (χ4v) is 1.94. The second kappa shape index (κ2) is 5.78. The highest BCUT2D eigenvalue weighted by Gasteiger charge is 2.04. The number of halogens is 1. The number of nitrogens with one attached hydrogen (secondary N) is 1. The van der Waals surface area contributed by atoms with E-state index in [1.54, 1.807) is 0 Å². The largest absolute Gasteiger partial charge is 0.487 e. The van der Waals surface area contributed by atoms with Crippen LogP contribution in [0.25, 0.3) is 0 Å². The second-order valence-electron chi connectivity index (χ2n) is 4.13. The van der Waals surface area contributed by atoms with Crippen molar-refractivity contribution >= 4 is 17.3 Å². The molecule has 0 saturated heterocycles. The molecule has 2 aromatic rings. The molecule has 0 heterocycles. The van der Waals surface area contributed by atoms with Gasteiger partial charge in [-0.1, -0.05) is 35.9 Å². The molecule has 18 heavy (non-hydrogen) atoms. The van der Waals surface area contributed by atoms with Crippen LogP contribution in [0, 0.1) is 6.92 Å². The van der Waals surface area contributed by atoms with Gasteiger partial charge in [0.05, 0.1) is 5.02 Å². The highest BCUT2D eigenvalue weighted by atomic mass is 35.5. The Bertz CT molecular complexity index is 540. The van der Waals surface area contributed by atoms with Gasteiger partial charge < -0.3 is 10.1 Å². The Morgan fingerprint density at radius 2 is 1.94 bits per heavy atom. The summed E-state index contributed by atoms with van der Waals surface area (Å²) in [5, 5.41) is 3.79. The summed E-state index contributed by atoms with van der Waals surface area (Å²) in [7, 11) is 1.90. The fourth-order valence-electron chi connectivity index (χ4n) is 1.77. The van der Waals surface area contributed by atoms with Crippen LogP contribution in [0.5, 0.6) is 5.75 Å². The van der Waals surface area contributed by atoms with Crippen LogP contribution >= 0.6 is 11.6 Å². The van der Waals surface area contributed by atoms with Crippen molar-refractivity contribution in [3.05, 3.63) is 58.6 Å². The number of para-hydroxylation sites is 1. The Morgan fingerprint density at radius 3 is 2.72 bits per heavy atom. The third-order valence-electron chi connectivity index (χ3n) is 2.76. The van der Waals surface area contributed by atoms with E-state index in [0.29, 0.717) is 11.6 Å². The Hall–Kier alpha value is -1.67. The van der Waals surface area contributed by atoms with Crippen LogP contribution in [0.15, 0.2) is 42.5 Å². The number of hydrogen-bond acceptors (Lipinski definition) is 2. The summed E-state index contributed by atoms with van der Waals surface area (Å²) in [6, 6.07) is 13.8. The van der Waals surface area contributed by atoms with Gasteiger partial charge >= 0.3 is 0 Å². The van der Waals surface area contributed by atoms with Crippen LogP contribution in [0.1, 0.15) is 11.1 Å². The van der Waals surface area contributed by atoms with Crippen LogP contribution < -0.4 is 10.1 Å². The monoisotopic (exact) mass is 261 g/mol. The highest BCUT2D eigenvalue weighted by Crippen LogP contribution is 2.27. The van der Waals surface area contributed by atoms with Gasteiger partial charge in [0, 0.05) is 18.3 Å². The molecule has 1 N–H and O–H groups in total. The molecule has 0 atom stereocenters. The number of hydrogen-bond donors (Lipinski definition) is 1. The molecule has 94 valence electrons. The number of anilines is 1. The average Bonchev–Trinajstić information content (AvgIpc) is 2.40. The molecular formula is C15H16ClNO. The molecule has 0 amide bonds. The van der Waals surface area contributed by atoms with E-state index >= 15 is 0 Å². The molecular weight excluding hydrogens is 246 g/mol. The van der Waals surface area contributed by atoms with Gasteiger partial charge in [-0.25, -0.2) is 0 Å².